The summed E-state index contributed by atoms with van der Waals surface area (Å²) in [4.78, 5) is 0. The third-order valence-electron chi connectivity index (χ3n) is 5.25. The molecule has 0 aliphatic carbocycles. The Morgan fingerprint density at radius 1 is 0.500 bits per heavy atom. The standard InChI is InChI=1S/C21H46NO.BrH/c1-4-7-10-13-17-22(20-16-21-23,18-14-11-8-5-2)19-15-12-9-6-3;/h23H,4-21H2,1-3H3;1H/q+1;/p-1. The number of nitrogens with zero attached hydrogens (tertiary/aromatic N) is 1. The van der Waals surface area contributed by atoms with Gasteiger partial charge >= 0.3 is 0 Å². The lowest BCUT2D eigenvalue weighted by Gasteiger charge is -2.39. The van der Waals surface area contributed by atoms with Crippen molar-refractivity contribution in [3.8, 4) is 0 Å². The van der Waals surface area contributed by atoms with Crippen LogP contribution >= 0.6 is 0 Å². The number of quaternary nitrogens is 1. The van der Waals surface area contributed by atoms with Gasteiger partial charge in [-0.05, 0) is 38.5 Å². The van der Waals surface area contributed by atoms with Gasteiger partial charge in [0.05, 0.1) is 26.2 Å². The molecule has 1 N–H and O–H groups in total. The molecule has 0 saturated carbocycles. The summed E-state index contributed by atoms with van der Waals surface area (Å²) in [7, 11) is 0. The van der Waals surface area contributed by atoms with Crippen molar-refractivity contribution in [2.75, 3.05) is 32.8 Å². The first kappa shape index (κ1) is 26.6. The lowest BCUT2D eigenvalue weighted by Crippen LogP contribution is -3.00. The van der Waals surface area contributed by atoms with Crippen LogP contribution in [0.25, 0.3) is 0 Å². The van der Waals surface area contributed by atoms with E-state index in [0.717, 1.165) is 6.42 Å². The molecule has 0 aromatic heterocycles. The Labute approximate surface area is 163 Å². The molecule has 0 aromatic carbocycles. The number of halogens is 1. The molecule has 0 aromatic rings. The molecular weight excluding hydrogens is 362 g/mol. The number of hydrogen-bond donors (Lipinski definition) is 1. The van der Waals surface area contributed by atoms with Gasteiger partial charge in [0.25, 0.3) is 0 Å². The van der Waals surface area contributed by atoms with Crippen molar-refractivity contribution in [1.29, 1.82) is 0 Å². The van der Waals surface area contributed by atoms with Crippen LogP contribution in [0.2, 0.25) is 0 Å². The van der Waals surface area contributed by atoms with E-state index in [0.29, 0.717) is 6.61 Å². The summed E-state index contributed by atoms with van der Waals surface area (Å²) in [6, 6.07) is 0. The van der Waals surface area contributed by atoms with Crippen molar-refractivity contribution in [1.82, 2.24) is 0 Å². The second-order valence-corrected chi connectivity index (χ2v) is 7.50. The molecule has 2 nitrogen and oxygen atoms in total. The summed E-state index contributed by atoms with van der Waals surface area (Å²) in [5.74, 6) is 0. The average molecular weight is 409 g/mol. The van der Waals surface area contributed by atoms with Gasteiger partial charge in [0.15, 0.2) is 0 Å². The van der Waals surface area contributed by atoms with E-state index in [2.05, 4.69) is 20.8 Å². The van der Waals surface area contributed by atoms with E-state index in [1.54, 1.807) is 0 Å². The summed E-state index contributed by atoms with van der Waals surface area (Å²) in [5.41, 5.74) is 0. The van der Waals surface area contributed by atoms with E-state index < -0.39 is 0 Å². The highest BCUT2D eigenvalue weighted by molar-refractivity contribution is 4.52. The highest BCUT2D eigenvalue weighted by Crippen LogP contribution is 2.18. The molecule has 0 heterocycles. The van der Waals surface area contributed by atoms with Crippen LogP contribution in [0.4, 0.5) is 0 Å². The van der Waals surface area contributed by atoms with Crippen LogP contribution in [-0.2, 0) is 0 Å². The third-order valence-corrected chi connectivity index (χ3v) is 5.25. The maximum absolute atomic E-state index is 9.35. The quantitative estimate of drug-likeness (QED) is 0.273. The number of aliphatic hydroxyl groups excluding tert-OH is 1. The second-order valence-electron chi connectivity index (χ2n) is 7.50. The SMILES string of the molecule is CCCCCC[N+](CCCO)(CCCCCC)CCCCCC.[Br-]. The zero-order chi connectivity index (χ0) is 17.2. The number of aliphatic hydroxyl groups is 1. The smallest absolute Gasteiger partial charge is 0.0808 e. The minimum Gasteiger partial charge on any atom is -1.00 e. The molecule has 0 atom stereocenters. The molecule has 3 heteroatoms. The van der Waals surface area contributed by atoms with Gasteiger partial charge in [-0.3, -0.25) is 0 Å². The second kappa shape index (κ2) is 19.7. The van der Waals surface area contributed by atoms with Gasteiger partial charge in [0.1, 0.15) is 0 Å². The first-order chi connectivity index (χ1) is 11.2. The molecule has 0 saturated heterocycles. The fourth-order valence-corrected chi connectivity index (χ4v) is 3.70. The Morgan fingerprint density at radius 3 is 1.12 bits per heavy atom. The summed E-state index contributed by atoms with van der Waals surface area (Å²) in [6.45, 7) is 12.5. The predicted octanol–water partition coefficient (Wildman–Crippen LogP) is 2.93. The zero-order valence-electron chi connectivity index (χ0n) is 17.0. The Morgan fingerprint density at radius 2 is 0.833 bits per heavy atom. The van der Waals surface area contributed by atoms with Gasteiger partial charge in [-0.1, -0.05) is 59.3 Å². The Kier molecular flexibility index (Phi) is 21.9. The zero-order valence-corrected chi connectivity index (χ0v) is 18.6. The molecule has 24 heavy (non-hydrogen) atoms. The minimum atomic E-state index is 0. The van der Waals surface area contributed by atoms with E-state index in [1.807, 2.05) is 0 Å². The van der Waals surface area contributed by atoms with Crippen LogP contribution in [0.15, 0.2) is 0 Å². The van der Waals surface area contributed by atoms with E-state index in [-0.39, 0.29) is 17.0 Å². The van der Waals surface area contributed by atoms with Gasteiger partial charge in [-0.15, -0.1) is 0 Å². The number of hydrogen-bond acceptors (Lipinski definition) is 1. The van der Waals surface area contributed by atoms with Gasteiger partial charge in [0, 0.05) is 13.0 Å². The molecule has 0 rings (SSSR count). The molecule has 0 radical (unpaired) electrons. The van der Waals surface area contributed by atoms with Crippen molar-refractivity contribution in [3.63, 3.8) is 0 Å². The highest BCUT2D eigenvalue weighted by atomic mass is 79.9. The fourth-order valence-electron chi connectivity index (χ4n) is 3.70. The van der Waals surface area contributed by atoms with Gasteiger partial charge in [0.2, 0.25) is 0 Å². The Hall–Kier alpha value is 0.400. The molecule has 0 fully saturated rings. The summed E-state index contributed by atoms with van der Waals surface area (Å²) < 4.78 is 1.29. The average Bonchev–Trinajstić information content (AvgIpc) is 2.57. The third kappa shape index (κ3) is 14.7. The highest BCUT2D eigenvalue weighted by Gasteiger charge is 2.25. The van der Waals surface area contributed by atoms with Crippen LogP contribution in [0.1, 0.15) is 104 Å². The minimum absolute atomic E-state index is 0. The van der Waals surface area contributed by atoms with Gasteiger partial charge in [-0.25, -0.2) is 0 Å². The van der Waals surface area contributed by atoms with Crippen molar-refractivity contribution in [3.05, 3.63) is 0 Å². The van der Waals surface area contributed by atoms with Crippen molar-refractivity contribution in [2.45, 2.75) is 104 Å². The van der Waals surface area contributed by atoms with Gasteiger partial charge in [-0.2, -0.15) is 0 Å². The maximum atomic E-state index is 9.35. The van der Waals surface area contributed by atoms with Crippen LogP contribution in [0.5, 0.6) is 0 Å². The van der Waals surface area contributed by atoms with E-state index in [4.69, 9.17) is 0 Å². The molecule has 0 bridgehead atoms. The van der Waals surface area contributed by atoms with E-state index >= 15 is 0 Å². The van der Waals surface area contributed by atoms with E-state index in [1.165, 1.54) is 108 Å². The van der Waals surface area contributed by atoms with Crippen molar-refractivity contribution in [2.24, 2.45) is 0 Å². The predicted molar refractivity (Wildman–Crippen MR) is 104 cm³/mol. The first-order valence-corrected chi connectivity index (χ1v) is 10.7. The summed E-state index contributed by atoms with van der Waals surface area (Å²) in [6.07, 6.45) is 17.4. The van der Waals surface area contributed by atoms with Crippen LogP contribution < -0.4 is 17.0 Å². The van der Waals surface area contributed by atoms with Crippen LogP contribution in [0, 0.1) is 0 Å². The molecular formula is C21H46BrNO. The molecule has 0 aliphatic heterocycles. The summed E-state index contributed by atoms with van der Waals surface area (Å²) in [5, 5.41) is 9.35. The maximum Gasteiger partial charge on any atom is 0.0808 e. The lowest BCUT2D eigenvalue weighted by molar-refractivity contribution is -0.929. The largest absolute Gasteiger partial charge is 1.00 e. The number of unbranched alkanes of at least 4 members (excludes halogenated alkanes) is 9. The van der Waals surface area contributed by atoms with Gasteiger partial charge < -0.3 is 26.6 Å². The van der Waals surface area contributed by atoms with Crippen LogP contribution in [-0.4, -0.2) is 42.4 Å². The monoisotopic (exact) mass is 407 g/mol. The molecule has 0 spiro atoms. The normalized spacial score (nSPS) is 11.5. The Balaban J connectivity index is 0. The van der Waals surface area contributed by atoms with Crippen molar-refractivity contribution < 1.29 is 26.6 Å². The summed E-state index contributed by atoms with van der Waals surface area (Å²) >= 11 is 0. The Bertz CT molecular complexity index is 205. The molecule has 0 unspecified atom stereocenters. The molecule has 0 aliphatic rings. The molecule has 0 amide bonds. The number of rotatable bonds is 18. The lowest BCUT2D eigenvalue weighted by atomic mass is 10.1. The van der Waals surface area contributed by atoms with E-state index in [9.17, 15) is 5.11 Å². The first-order valence-electron chi connectivity index (χ1n) is 10.7. The molecule has 148 valence electrons. The van der Waals surface area contributed by atoms with Crippen LogP contribution in [0.3, 0.4) is 0 Å². The fraction of sp³-hybridized carbons (Fsp3) is 1.00. The van der Waals surface area contributed by atoms with Crippen molar-refractivity contribution >= 4 is 0 Å². The topological polar surface area (TPSA) is 20.2 Å².